The van der Waals surface area contributed by atoms with Crippen molar-refractivity contribution in [1.29, 1.82) is 0 Å². The second-order valence-electron chi connectivity index (χ2n) is 5.00. The van der Waals surface area contributed by atoms with E-state index in [2.05, 4.69) is 50.6 Å². The number of nitrogens with zero attached hydrogens (tertiary/aromatic N) is 2. The number of nitrogens with one attached hydrogen (secondary N) is 2. The zero-order valence-corrected chi connectivity index (χ0v) is 15.5. The largest absolute Gasteiger partial charge is 0.360 e. The monoisotopic (exact) mass is 400 g/mol. The third-order valence-electron chi connectivity index (χ3n) is 2.50. The molecule has 0 saturated carbocycles. The van der Waals surface area contributed by atoms with E-state index in [4.69, 9.17) is 0 Å². The number of hydrogen-bond acceptors (Lipinski definition) is 6. The Morgan fingerprint density at radius 1 is 1.41 bits per heavy atom. The van der Waals surface area contributed by atoms with Crippen molar-refractivity contribution < 1.29 is 4.79 Å². The standard InChI is InChI=1S/C14H17BrN4OS2/c1-9(2)7-16-13-18-19-14(22-13)21-8-12(20)17-11-5-3-4-10(15)6-11/h3-6,9H,7-8H2,1-2H3,(H,16,18)(H,17,20). The number of aromatic nitrogens is 2. The highest BCUT2D eigenvalue weighted by atomic mass is 79.9. The molecule has 0 radical (unpaired) electrons. The van der Waals surface area contributed by atoms with Crippen molar-refractivity contribution in [3.63, 3.8) is 0 Å². The van der Waals surface area contributed by atoms with Crippen LogP contribution in [-0.2, 0) is 4.79 Å². The summed E-state index contributed by atoms with van der Waals surface area (Å²) in [6, 6.07) is 7.51. The molecule has 0 unspecified atom stereocenters. The summed E-state index contributed by atoms with van der Waals surface area (Å²) >= 11 is 6.23. The van der Waals surface area contributed by atoms with Crippen LogP contribution < -0.4 is 10.6 Å². The first kappa shape index (κ1) is 17.2. The lowest BCUT2D eigenvalue weighted by molar-refractivity contribution is -0.113. The fourth-order valence-corrected chi connectivity index (χ4v) is 3.48. The van der Waals surface area contributed by atoms with Gasteiger partial charge in [0.15, 0.2) is 4.34 Å². The maximum atomic E-state index is 11.9. The zero-order valence-electron chi connectivity index (χ0n) is 12.3. The lowest BCUT2D eigenvalue weighted by atomic mass is 10.2. The molecule has 1 heterocycles. The Kier molecular flexibility index (Phi) is 6.66. The van der Waals surface area contributed by atoms with Gasteiger partial charge in [0.1, 0.15) is 0 Å². The molecular formula is C14H17BrN4OS2. The molecule has 8 heteroatoms. The van der Waals surface area contributed by atoms with Crippen LogP contribution in [0.3, 0.4) is 0 Å². The third kappa shape index (κ3) is 5.94. The molecule has 0 aliphatic rings. The highest BCUT2D eigenvalue weighted by Gasteiger charge is 2.09. The normalized spacial score (nSPS) is 10.7. The third-order valence-corrected chi connectivity index (χ3v) is 5.01. The first-order chi connectivity index (χ1) is 10.5. The van der Waals surface area contributed by atoms with E-state index in [0.717, 1.165) is 26.2 Å². The van der Waals surface area contributed by atoms with Crippen LogP contribution in [0.15, 0.2) is 33.1 Å². The molecule has 1 aromatic carbocycles. The first-order valence-electron chi connectivity index (χ1n) is 6.78. The molecule has 1 aromatic heterocycles. The predicted molar refractivity (Wildman–Crippen MR) is 96.7 cm³/mol. The average Bonchev–Trinajstić information content (AvgIpc) is 2.91. The first-order valence-corrected chi connectivity index (χ1v) is 9.38. The zero-order chi connectivity index (χ0) is 15.9. The topological polar surface area (TPSA) is 66.9 Å². The molecule has 118 valence electrons. The van der Waals surface area contributed by atoms with Crippen molar-refractivity contribution in [2.45, 2.75) is 18.2 Å². The fourth-order valence-electron chi connectivity index (χ4n) is 1.52. The molecule has 0 atom stereocenters. The van der Waals surface area contributed by atoms with Crippen LogP contribution in [0.4, 0.5) is 10.8 Å². The van der Waals surface area contributed by atoms with Crippen LogP contribution in [0.25, 0.3) is 0 Å². The molecule has 2 rings (SSSR count). The maximum Gasteiger partial charge on any atom is 0.234 e. The Hall–Kier alpha value is -1.12. The van der Waals surface area contributed by atoms with Crippen LogP contribution in [0.2, 0.25) is 0 Å². The highest BCUT2D eigenvalue weighted by molar-refractivity contribution is 9.10. The van der Waals surface area contributed by atoms with Crippen molar-refractivity contribution in [2.24, 2.45) is 5.92 Å². The minimum absolute atomic E-state index is 0.0602. The van der Waals surface area contributed by atoms with Gasteiger partial charge in [0.2, 0.25) is 11.0 Å². The van der Waals surface area contributed by atoms with Gasteiger partial charge in [-0.15, -0.1) is 10.2 Å². The molecule has 2 N–H and O–H groups in total. The van der Waals surface area contributed by atoms with E-state index in [0.29, 0.717) is 11.7 Å². The lowest BCUT2D eigenvalue weighted by Gasteiger charge is -2.04. The Morgan fingerprint density at radius 2 is 2.23 bits per heavy atom. The molecule has 2 aromatic rings. The van der Waals surface area contributed by atoms with E-state index >= 15 is 0 Å². The molecule has 0 saturated heterocycles. The van der Waals surface area contributed by atoms with Crippen molar-refractivity contribution in [3.05, 3.63) is 28.7 Å². The molecule has 0 aliphatic heterocycles. The van der Waals surface area contributed by atoms with Crippen LogP contribution >= 0.6 is 39.0 Å². The lowest BCUT2D eigenvalue weighted by Crippen LogP contribution is -2.13. The van der Waals surface area contributed by atoms with Crippen molar-refractivity contribution in [2.75, 3.05) is 22.9 Å². The molecule has 0 fully saturated rings. The van der Waals surface area contributed by atoms with Gasteiger partial charge in [-0.1, -0.05) is 58.9 Å². The van der Waals surface area contributed by atoms with Gasteiger partial charge in [-0.25, -0.2) is 0 Å². The summed E-state index contributed by atoms with van der Waals surface area (Å²) in [5.41, 5.74) is 0.775. The van der Waals surface area contributed by atoms with Gasteiger partial charge in [-0.3, -0.25) is 4.79 Å². The molecule has 5 nitrogen and oxygen atoms in total. The van der Waals surface area contributed by atoms with Crippen LogP contribution in [0, 0.1) is 5.92 Å². The summed E-state index contributed by atoms with van der Waals surface area (Å²) in [5, 5.41) is 15.0. The summed E-state index contributed by atoms with van der Waals surface area (Å²) in [7, 11) is 0. The van der Waals surface area contributed by atoms with Crippen molar-refractivity contribution in [1.82, 2.24) is 10.2 Å². The van der Waals surface area contributed by atoms with Crippen molar-refractivity contribution in [3.8, 4) is 0 Å². The number of carbonyl (C=O) groups is 1. The molecule has 0 bridgehead atoms. The highest BCUT2D eigenvalue weighted by Crippen LogP contribution is 2.25. The summed E-state index contributed by atoms with van der Waals surface area (Å²) < 4.78 is 1.72. The van der Waals surface area contributed by atoms with E-state index in [1.807, 2.05) is 24.3 Å². The Bertz CT molecular complexity index is 633. The van der Waals surface area contributed by atoms with Gasteiger partial charge in [0, 0.05) is 16.7 Å². The van der Waals surface area contributed by atoms with Crippen LogP contribution in [0.5, 0.6) is 0 Å². The van der Waals surface area contributed by atoms with Crippen LogP contribution in [-0.4, -0.2) is 28.4 Å². The molecule has 0 aliphatic carbocycles. The molecular weight excluding hydrogens is 384 g/mol. The van der Waals surface area contributed by atoms with E-state index in [9.17, 15) is 4.79 Å². The van der Waals surface area contributed by atoms with Gasteiger partial charge in [-0.05, 0) is 24.1 Å². The summed E-state index contributed by atoms with van der Waals surface area (Å²) in [5.74, 6) is 0.802. The second-order valence-corrected chi connectivity index (χ2v) is 8.11. The van der Waals surface area contributed by atoms with Gasteiger partial charge in [0.25, 0.3) is 0 Å². The predicted octanol–water partition coefficient (Wildman–Crippen LogP) is 4.10. The Labute approximate surface area is 146 Å². The summed E-state index contributed by atoms with van der Waals surface area (Å²) in [6.45, 7) is 5.13. The number of hydrogen-bond donors (Lipinski definition) is 2. The minimum Gasteiger partial charge on any atom is -0.360 e. The number of benzene rings is 1. The average molecular weight is 401 g/mol. The Balaban J connectivity index is 1.79. The number of thioether (sulfide) groups is 1. The molecule has 22 heavy (non-hydrogen) atoms. The van der Waals surface area contributed by atoms with Gasteiger partial charge in [0.05, 0.1) is 5.75 Å². The SMILES string of the molecule is CC(C)CNc1nnc(SCC(=O)Nc2cccc(Br)c2)s1. The number of amides is 1. The van der Waals surface area contributed by atoms with E-state index in [1.165, 1.54) is 23.1 Å². The quantitative estimate of drug-likeness (QED) is 0.684. The smallest absolute Gasteiger partial charge is 0.234 e. The number of carbonyl (C=O) groups excluding carboxylic acids is 1. The molecule has 1 amide bonds. The maximum absolute atomic E-state index is 11.9. The Morgan fingerprint density at radius 3 is 2.95 bits per heavy atom. The van der Waals surface area contributed by atoms with E-state index in [-0.39, 0.29) is 5.91 Å². The van der Waals surface area contributed by atoms with E-state index < -0.39 is 0 Å². The number of anilines is 2. The van der Waals surface area contributed by atoms with E-state index in [1.54, 1.807) is 0 Å². The van der Waals surface area contributed by atoms with Gasteiger partial charge in [-0.2, -0.15) is 0 Å². The second kappa shape index (κ2) is 8.50. The fraction of sp³-hybridized carbons (Fsp3) is 0.357. The van der Waals surface area contributed by atoms with Crippen molar-refractivity contribution >= 4 is 55.8 Å². The summed E-state index contributed by atoms with van der Waals surface area (Å²) in [4.78, 5) is 11.9. The van der Waals surface area contributed by atoms with Gasteiger partial charge >= 0.3 is 0 Å². The van der Waals surface area contributed by atoms with Gasteiger partial charge < -0.3 is 10.6 Å². The minimum atomic E-state index is -0.0602. The van der Waals surface area contributed by atoms with Crippen LogP contribution in [0.1, 0.15) is 13.8 Å². The molecule has 0 spiro atoms. The summed E-state index contributed by atoms with van der Waals surface area (Å²) in [6.07, 6.45) is 0. The number of rotatable bonds is 7. The number of halogens is 1.